The molecule has 1 fully saturated rings. The zero-order valence-corrected chi connectivity index (χ0v) is 11.3. The number of nitrogens with one attached hydrogen (secondary N) is 1. The van der Waals surface area contributed by atoms with Crippen LogP contribution in [0, 0.1) is 0 Å². The molecule has 0 amide bonds. The van der Waals surface area contributed by atoms with E-state index in [0.29, 0.717) is 5.54 Å². The van der Waals surface area contributed by atoms with Crippen molar-refractivity contribution in [3.63, 3.8) is 0 Å². The number of hydrogen-bond donors (Lipinski definition) is 1. The summed E-state index contributed by atoms with van der Waals surface area (Å²) in [7, 11) is 4.46. The molecule has 0 aliphatic heterocycles. The molecule has 15 heavy (non-hydrogen) atoms. The summed E-state index contributed by atoms with van der Waals surface area (Å²) in [5.74, 6) is 2.49. The third-order valence-electron chi connectivity index (χ3n) is 3.56. The highest BCUT2D eigenvalue weighted by atomic mass is 32.2. The first-order valence-electron chi connectivity index (χ1n) is 6.17. The molecule has 1 aliphatic carbocycles. The van der Waals surface area contributed by atoms with Gasteiger partial charge in [-0.25, -0.2) is 0 Å². The topological polar surface area (TPSA) is 15.3 Å². The summed E-state index contributed by atoms with van der Waals surface area (Å²) in [6.45, 7) is 4.56. The lowest BCUT2D eigenvalue weighted by Crippen LogP contribution is -2.49. The van der Waals surface area contributed by atoms with Gasteiger partial charge >= 0.3 is 0 Å². The van der Waals surface area contributed by atoms with E-state index in [2.05, 4.69) is 31.2 Å². The maximum Gasteiger partial charge on any atom is 0.0327 e. The Bertz CT molecular complexity index is 165. The largest absolute Gasteiger partial charge is 0.314 e. The van der Waals surface area contributed by atoms with Crippen molar-refractivity contribution in [2.75, 3.05) is 38.7 Å². The Hall–Kier alpha value is 0.270. The molecule has 0 aromatic rings. The van der Waals surface area contributed by atoms with Crippen molar-refractivity contribution in [1.82, 2.24) is 10.2 Å². The Morgan fingerprint density at radius 3 is 2.47 bits per heavy atom. The number of hydrogen-bond acceptors (Lipinski definition) is 3. The summed E-state index contributed by atoms with van der Waals surface area (Å²) in [6, 6.07) is 0. The van der Waals surface area contributed by atoms with Crippen molar-refractivity contribution in [2.24, 2.45) is 0 Å². The van der Waals surface area contributed by atoms with Gasteiger partial charge in [-0.05, 0) is 32.7 Å². The highest BCUT2D eigenvalue weighted by Crippen LogP contribution is 2.32. The van der Waals surface area contributed by atoms with Gasteiger partial charge in [0, 0.05) is 24.4 Å². The second kappa shape index (κ2) is 6.77. The smallest absolute Gasteiger partial charge is 0.0327 e. The number of rotatable bonds is 7. The van der Waals surface area contributed by atoms with Crippen LogP contribution in [-0.2, 0) is 0 Å². The maximum absolute atomic E-state index is 3.62. The molecular weight excluding hydrogens is 204 g/mol. The van der Waals surface area contributed by atoms with Crippen molar-refractivity contribution in [1.29, 1.82) is 0 Å². The van der Waals surface area contributed by atoms with Gasteiger partial charge in [-0.2, -0.15) is 11.8 Å². The zero-order chi connectivity index (χ0) is 11.1. The van der Waals surface area contributed by atoms with Crippen LogP contribution >= 0.6 is 11.8 Å². The molecule has 0 bridgehead atoms. The van der Waals surface area contributed by atoms with Gasteiger partial charge in [-0.15, -0.1) is 0 Å². The third kappa shape index (κ3) is 3.97. The fourth-order valence-corrected chi connectivity index (χ4v) is 3.00. The van der Waals surface area contributed by atoms with Crippen LogP contribution < -0.4 is 5.32 Å². The molecular formula is C12H26N2S. The monoisotopic (exact) mass is 230 g/mol. The summed E-state index contributed by atoms with van der Waals surface area (Å²) in [5, 5.41) is 3.62. The van der Waals surface area contributed by atoms with Crippen LogP contribution in [0.25, 0.3) is 0 Å². The van der Waals surface area contributed by atoms with E-state index in [1.165, 1.54) is 43.7 Å². The minimum atomic E-state index is 0.455. The fraction of sp³-hybridized carbons (Fsp3) is 1.00. The van der Waals surface area contributed by atoms with Gasteiger partial charge in [0.1, 0.15) is 0 Å². The van der Waals surface area contributed by atoms with Crippen LogP contribution in [0.5, 0.6) is 0 Å². The van der Waals surface area contributed by atoms with E-state index in [-0.39, 0.29) is 0 Å². The van der Waals surface area contributed by atoms with E-state index < -0.39 is 0 Å². The standard InChI is InChI=1S/C12H26N2S/c1-4-15-10-9-13-11-12(14(2)3)7-5-6-8-12/h13H,4-11H2,1-3H3. The van der Waals surface area contributed by atoms with Crippen molar-refractivity contribution in [3.05, 3.63) is 0 Å². The quantitative estimate of drug-likeness (QED) is 0.675. The Morgan fingerprint density at radius 2 is 1.93 bits per heavy atom. The normalized spacial score (nSPS) is 20.0. The average molecular weight is 230 g/mol. The maximum atomic E-state index is 3.62. The molecule has 0 saturated heterocycles. The van der Waals surface area contributed by atoms with Crippen molar-refractivity contribution in [3.8, 4) is 0 Å². The summed E-state index contributed by atoms with van der Waals surface area (Å²) in [4.78, 5) is 2.43. The zero-order valence-electron chi connectivity index (χ0n) is 10.5. The van der Waals surface area contributed by atoms with E-state index >= 15 is 0 Å². The van der Waals surface area contributed by atoms with Crippen LogP contribution in [0.1, 0.15) is 32.6 Å². The van der Waals surface area contributed by atoms with E-state index in [9.17, 15) is 0 Å². The number of nitrogens with zero attached hydrogens (tertiary/aromatic N) is 1. The number of thioether (sulfide) groups is 1. The molecule has 2 nitrogen and oxygen atoms in total. The minimum Gasteiger partial charge on any atom is -0.314 e. The van der Waals surface area contributed by atoms with Crippen LogP contribution in [-0.4, -0.2) is 49.1 Å². The van der Waals surface area contributed by atoms with E-state index in [1.807, 2.05) is 11.8 Å². The van der Waals surface area contributed by atoms with E-state index in [1.54, 1.807) is 0 Å². The molecule has 0 heterocycles. The average Bonchev–Trinajstić information content (AvgIpc) is 2.67. The van der Waals surface area contributed by atoms with Gasteiger partial charge in [0.2, 0.25) is 0 Å². The second-order valence-corrected chi connectivity index (χ2v) is 6.09. The van der Waals surface area contributed by atoms with Gasteiger partial charge in [0.25, 0.3) is 0 Å². The number of likely N-dealkylation sites (N-methyl/N-ethyl adjacent to an activating group) is 1. The molecule has 0 unspecified atom stereocenters. The first-order chi connectivity index (χ1) is 7.21. The van der Waals surface area contributed by atoms with Crippen LogP contribution in [0.4, 0.5) is 0 Å². The van der Waals surface area contributed by atoms with Crippen LogP contribution in [0.2, 0.25) is 0 Å². The first kappa shape index (κ1) is 13.3. The molecule has 0 aromatic carbocycles. The molecule has 1 aliphatic rings. The molecule has 90 valence electrons. The van der Waals surface area contributed by atoms with Crippen molar-refractivity contribution >= 4 is 11.8 Å². The molecule has 0 spiro atoms. The fourth-order valence-electron chi connectivity index (χ4n) is 2.42. The highest BCUT2D eigenvalue weighted by molar-refractivity contribution is 7.99. The Kier molecular flexibility index (Phi) is 6.02. The van der Waals surface area contributed by atoms with Gasteiger partial charge < -0.3 is 10.2 Å². The Balaban J connectivity index is 2.21. The summed E-state index contributed by atoms with van der Waals surface area (Å²) >= 11 is 2.02. The van der Waals surface area contributed by atoms with Crippen molar-refractivity contribution < 1.29 is 0 Å². The summed E-state index contributed by atoms with van der Waals surface area (Å²) in [6.07, 6.45) is 5.55. The molecule has 0 aromatic heterocycles. The van der Waals surface area contributed by atoms with Gasteiger partial charge in [0.15, 0.2) is 0 Å². The minimum absolute atomic E-state index is 0.455. The Labute approximate surface area is 99.2 Å². The SMILES string of the molecule is CCSCCNCC1(N(C)C)CCCC1. The molecule has 1 rings (SSSR count). The van der Waals surface area contributed by atoms with Crippen LogP contribution in [0.3, 0.4) is 0 Å². The summed E-state index contributed by atoms with van der Waals surface area (Å²) < 4.78 is 0. The Morgan fingerprint density at radius 1 is 1.27 bits per heavy atom. The molecule has 1 N–H and O–H groups in total. The van der Waals surface area contributed by atoms with Gasteiger partial charge in [-0.3, -0.25) is 0 Å². The molecule has 3 heteroatoms. The third-order valence-corrected chi connectivity index (χ3v) is 4.47. The van der Waals surface area contributed by atoms with Gasteiger partial charge in [0.05, 0.1) is 0 Å². The van der Waals surface area contributed by atoms with E-state index in [4.69, 9.17) is 0 Å². The highest BCUT2D eigenvalue weighted by Gasteiger charge is 2.35. The van der Waals surface area contributed by atoms with Gasteiger partial charge in [-0.1, -0.05) is 19.8 Å². The predicted octanol–water partition coefficient (Wildman–Crippen LogP) is 2.20. The summed E-state index contributed by atoms with van der Waals surface area (Å²) in [5.41, 5.74) is 0.455. The lowest BCUT2D eigenvalue weighted by Gasteiger charge is -2.36. The van der Waals surface area contributed by atoms with E-state index in [0.717, 1.165) is 6.54 Å². The van der Waals surface area contributed by atoms with Crippen LogP contribution in [0.15, 0.2) is 0 Å². The lowest BCUT2D eigenvalue weighted by molar-refractivity contribution is 0.155. The molecule has 1 saturated carbocycles. The molecule has 0 radical (unpaired) electrons. The first-order valence-corrected chi connectivity index (χ1v) is 7.32. The van der Waals surface area contributed by atoms with Crippen molar-refractivity contribution in [2.45, 2.75) is 38.1 Å². The second-order valence-electron chi connectivity index (χ2n) is 4.70. The predicted molar refractivity (Wildman–Crippen MR) is 70.8 cm³/mol. The lowest BCUT2D eigenvalue weighted by atomic mass is 9.96. The molecule has 0 atom stereocenters.